The van der Waals surface area contributed by atoms with E-state index in [1.807, 2.05) is 6.07 Å². The molecule has 0 aliphatic heterocycles. The quantitative estimate of drug-likeness (QED) is 0.800. The zero-order valence-corrected chi connectivity index (χ0v) is 10.1. The van der Waals surface area contributed by atoms with Gasteiger partial charge in [-0.15, -0.1) is 6.58 Å². The molecule has 4 nitrogen and oxygen atoms in total. The molecule has 0 aromatic heterocycles. The lowest BCUT2D eigenvalue weighted by Crippen LogP contribution is -2.28. The summed E-state index contributed by atoms with van der Waals surface area (Å²) in [7, 11) is 0. The fourth-order valence-electron chi connectivity index (χ4n) is 1.91. The minimum Gasteiger partial charge on any atom is -0.484 e. The minimum absolute atomic E-state index is 0.0272. The van der Waals surface area contributed by atoms with E-state index in [2.05, 4.69) is 11.9 Å². The average molecular weight is 245 g/mol. The van der Waals surface area contributed by atoms with Crippen molar-refractivity contribution in [2.75, 3.05) is 13.2 Å². The number of rotatable bonds is 5. The Kier molecular flexibility index (Phi) is 3.77. The maximum atomic E-state index is 11.4. The number of ketones is 1. The number of hydrogen-bond acceptors (Lipinski definition) is 3. The maximum Gasteiger partial charge on any atom is 0.258 e. The number of amides is 1. The third-order valence-corrected chi connectivity index (χ3v) is 2.81. The van der Waals surface area contributed by atoms with Crippen LogP contribution in [-0.2, 0) is 11.2 Å². The summed E-state index contributed by atoms with van der Waals surface area (Å²) in [6, 6.07) is 5.32. The Hall–Kier alpha value is -2.10. The minimum atomic E-state index is -0.188. The van der Waals surface area contributed by atoms with Crippen LogP contribution >= 0.6 is 0 Å². The number of carbonyl (C=O) groups is 2. The first-order valence-corrected chi connectivity index (χ1v) is 5.87. The summed E-state index contributed by atoms with van der Waals surface area (Å²) in [5.74, 6) is 0.615. The second kappa shape index (κ2) is 5.49. The molecule has 2 rings (SSSR count). The van der Waals surface area contributed by atoms with Crippen molar-refractivity contribution in [1.82, 2.24) is 5.32 Å². The fraction of sp³-hybridized carbons (Fsp3) is 0.286. The molecule has 0 radical (unpaired) electrons. The number of ether oxygens (including phenoxy) is 1. The SMILES string of the molecule is C=CCNC(=O)COc1ccc2c(c1)CCC2=O. The van der Waals surface area contributed by atoms with Gasteiger partial charge in [0.1, 0.15) is 5.75 Å². The Balaban J connectivity index is 1.93. The number of Topliss-reactive ketones (excluding diaryl/α,β-unsaturated/α-hetero) is 1. The van der Waals surface area contributed by atoms with E-state index in [0.717, 1.165) is 17.5 Å². The van der Waals surface area contributed by atoms with Gasteiger partial charge in [-0.25, -0.2) is 0 Å². The van der Waals surface area contributed by atoms with Crippen LogP contribution in [0.25, 0.3) is 0 Å². The van der Waals surface area contributed by atoms with Gasteiger partial charge in [-0.3, -0.25) is 9.59 Å². The van der Waals surface area contributed by atoms with Crippen molar-refractivity contribution in [3.8, 4) is 5.75 Å². The van der Waals surface area contributed by atoms with Gasteiger partial charge in [-0.2, -0.15) is 0 Å². The van der Waals surface area contributed by atoms with E-state index in [-0.39, 0.29) is 18.3 Å². The summed E-state index contributed by atoms with van der Waals surface area (Å²) in [6.07, 6.45) is 2.94. The monoisotopic (exact) mass is 245 g/mol. The van der Waals surface area contributed by atoms with Gasteiger partial charge >= 0.3 is 0 Å². The Morgan fingerprint density at radius 2 is 2.28 bits per heavy atom. The van der Waals surface area contributed by atoms with Gasteiger partial charge in [0.25, 0.3) is 5.91 Å². The molecular weight excluding hydrogens is 230 g/mol. The molecule has 0 saturated carbocycles. The van der Waals surface area contributed by atoms with Gasteiger partial charge in [0.2, 0.25) is 0 Å². The molecule has 94 valence electrons. The van der Waals surface area contributed by atoms with Crippen LogP contribution in [0.3, 0.4) is 0 Å². The summed E-state index contributed by atoms with van der Waals surface area (Å²) in [6.45, 7) is 3.91. The Morgan fingerprint density at radius 1 is 1.44 bits per heavy atom. The first-order chi connectivity index (χ1) is 8.70. The highest BCUT2D eigenvalue weighted by Crippen LogP contribution is 2.25. The predicted octanol–water partition coefficient (Wildman–Crippen LogP) is 1.50. The van der Waals surface area contributed by atoms with Crippen LogP contribution in [0.1, 0.15) is 22.3 Å². The highest BCUT2D eigenvalue weighted by Gasteiger charge is 2.19. The van der Waals surface area contributed by atoms with Crippen molar-refractivity contribution in [3.05, 3.63) is 42.0 Å². The summed E-state index contributed by atoms with van der Waals surface area (Å²) < 4.78 is 5.37. The molecule has 1 amide bonds. The zero-order chi connectivity index (χ0) is 13.0. The largest absolute Gasteiger partial charge is 0.484 e. The molecule has 1 aromatic rings. The van der Waals surface area contributed by atoms with E-state index in [1.54, 1.807) is 18.2 Å². The van der Waals surface area contributed by atoms with Crippen LogP contribution in [-0.4, -0.2) is 24.8 Å². The third-order valence-electron chi connectivity index (χ3n) is 2.81. The Morgan fingerprint density at radius 3 is 3.06 bits per heavy atom. The highest BCUT2D eigenvalue weighted by molar-refractivity contribution is 6.00. The van der Waals surface area contributed by atoms with Crippen LogP contribution in [0, 0.1) is 0 Å². The van der Waals surface area contributed by atoms with Gasteiger partial charge < -0.3 is 10.1 Å². The first-order valence-electron chi connectivity index (χ1n) is 5.87. The maximum absolute atomic E-state index is 11.4. The average Bonchev–Trinajstić information content (AvgIpc) is 2.75. The predicted molar refractivity (Wildman–Crippen MR) is 67.8 cm³/mol. The highest BCUT2D eigenvalue weighted by atomic mass is 16.5. The van der Waals surface area contributed by atoms with E-state index in [0.29, 0.717) is 18.7 Å². The second-order valence-electron chi connectivity index (χ2n) is 4.12. The van der Waals surface area contributed by atoms with Crippen molar-refractivity contribution in [3.63, 3.8) is 0 Å². The van der Waals surface area contributed by atoms with Crippen LogP contribution in [0.15, 0.2) is 30.9 Å². The molecule has 0 heterocycles. The Bertz CT molecular complexity index is 494. The Labute approximate surface area is 106 Å². The molecule has 4 heteroatoms. The fourth-order valence-corrected chi connectivity index (χ4v) is 1.91. The summed E-state index contributed by atoms with van der Waals surface area (Å²) in [4.78, 5) is 22.8. The topological polar surface area (TPSA) is 55.4 Å². The molecule has 0 spiro atoms. The van der Waals surface area contributed by atoms with E-state index in [1.165, 1.54) is 0 Å². The molecule has 1 aliphatic rings. The smallest absolute Gasteiger partial charge is 0.258 e. The molecule has 0 saturated heterocycles. The number of benzene rings is 1. The van der Waals surface area contributed by atoms with Crippen LogP contribution in [0.2, 0.25) is 0 Å². The van der Waals surface area contributed by atoms with E-state index in [9.17, 15) is 9.59 Å². The molecule has 1 aliphatic carbocycles. The second-order valence-corrected chi connectivity index (χ2v) is 4.12. The summed E-state index contributed by atoms with van der Waals surface area (Å²) in [5, 5.41) is 2.63. The van der Waals surface area contributed by atoms with Crippen molar-refractivity contribution >= 4 is 11.7 Å². The molecular formula is C14H15NO3. The van der Waals surface area contributed by atoms with Gasteiger partial charge in [-0.1, -0.05) is 6.08 Å². The van der Waals surface area contributed by atoms with E-state index < -0.39 is 0 Å². The van der Waals surface area contributed by atoms with Gasteiger partial charge in [-0.05, 0) is 30.2 Å². The zero-order valence-electron chi connectivity index (χ0n) is 10.1. The molecule has 1 N–H and O–H groups in total. The van der Waals surface area contributed by atoms with Gasteiger partial charge in [0.15, 0.2) is 12.4 Å². The van der Waals surface area contributed by atoms with Gasteiger partial charge in [0.05, 0.1) is 0 Å². The van der Waals surface area contributed by atoms with Crippen LogP contribution < -0.4 is 10.1 Å². The molecule has 0 fully saturated rings. The van der Waals surface area contributed by atoms with Crippen molar-refractivity contribution in [1.29, 1.82) is 0 Å². The number of nitrogens with one attached hydrogen (secondary N) is 1. The summed E-state index contributed by atoms with van der Waals surface area (Å²) in [5.41, 5.74) is 1.78. The summed E-state index contributed by atoms with van der Waals surface area (Å²) >= 11 is 0. The van der Waals surface area contributed by atoms with Gasteiger partial charge in [0, 0.05) is 18.5 Å². The van der Waals surface area contributed by atoms with Crippen LogP contribution in [0.4, 0.5) is 0 Å². The normalized spacial score (nSPS) is 13.0. The van der Waals surface area contributed by atoms with Crippen molar-refractivity contribution in [2.24, 2.45) is 0 Å². The number of fused-ring (bicyclic) bond motifs is 1. The van der Waals surface area contributed by atoms with E-state index >= 15 is 0 Å². The van der Waals surface area contributed by atoms with Crippen LogP contribution in [0.5, 0.6) is 5.75 Å². The number of carbonyl (C=O) groups excluding carboxylic acids is 2. The molecule has 18 heavy (non-hydrogen) atoms. The third kappa shape index (κ3) is 2.77. The van der Waals surface area contributed by atoms with Crippen molar-refractivity contribution < 1.29 is 14.3 Å². The van der Waals surface area contributed by atoms with E-state index in [4.69, 9.17) is 4.74 Å². The lowest BCUT2D eigenvalue weighted by atomic mass is 10.1. The number of aryl methyl sites for hydroxylation is 1. The number of hydrogen-bond donors (Lipinski definition) is 1. The lowest BCUT2D eigenvalue weighted by Gasteiger charge is -2.07. The molecule has 1 aromatic carbocycles. The standard InChI is InChI=1S/C14H15NO3/c1-2-7-15-14(17)9-18-11-4-5-12-10(8-11)3-6-13(12)16/h2,4-5,8H,1,3,6-7,9H2,(H,15,17). The lowest BCUT2D eigenvalue weighted by molar-refractivity contribution is -0.122. The molecule has 0 atom stereocenters. The molecule has 0 bridgehead atoms. The first kappa shape index (κ1) is 12.4. The van der Waals surface area contributed by atoms with Crippen molar-refractivity contribution in [2.45, 2.75) is 12.8 Å². The molecule has 0 unspecified atom stereocenters.